The molecular weight excluding hydrogens is 550 g/mol. The van der Waals surface area contributed by atoms with Crippen molar-refractivity contribution >= 4 is 32.5 Å². The van der Waals surface area contributed by atoms with Gasteiger partial charge < -0.3 is 24.5 Å². The third-order valence-electron chi connectivity index (χ3n) is 8.17. The Balaban J connectivity index is 1.09. The fourth-order valence-corrected chi connectivity index (χ4v) is 7.97. The zero-order valence-electron chi connectivity index (χ0n) is 21.8. The predicted octanol–water partition coefficient (Wildman–Crippen LogP) is 5.01. The first-order valence-corrected chi connectivity index (χ1v) is 15.6. The Morgan fingerprint density at radius 3 is 2.35 bits per heavy atom. The average Bonchev–Trinajstić information content (AvgIpc) is 3.70. The molecule has 0 saturated carbocycles. The largest absolute Gasteiger partial charge is 0.456 e. The van der Waals surface area contributed by atoms with Crippen LogP contribution in [0.25, 0.3) is 33.3 Å². The van der Waals surface area contributed by atoms with Crippen LogP contribution in [0.15, 0.2) is 65.6 Å². The summed E-state index contributed by atoms with van der Waals surface area (Å²) in [4.78, 5) is 8.25. The fraction of sp³-hybridized carbons (Fsp3) is 0.367. The average molecular weight is 580 g/mol. The first kappa shape index (κ1) is 26.0. The third-order valence-corrected chi connectivity index (χ3v) is 10.8. The van der Waals surface area contributed by atoms with Crippen molar-refractivity contribution in [3.8, 4) is 28.3 Å². The summed E-state index contributed by atoms with van der Waals surface area (Å²) in [5.74, 6) is 0. The number of ether oxygens (including phenoxy) is 3. The summed E-state index contributed by atoms with van der Waals surface area (Å²) >= 11 is 6.68. The van der Waals surface area contributed by atoms with Crippen molar-refractivity contribution in [3.63, 3.8) is 0 Å². The second-order valence-electron chi connectivity index (χ2n) is 10.6. The molecule has 3 atom stereocenters. The number of halogens is 1. The Morgan fingerprint density at radius 2 is 1.60 bits per heavy atom. The Labute approximate surface area is 237 Å². The van der Waals surface area contributed by atoms with Gasteiger partial charge in [-0.15, -0.1) is 0 Å². The zero-order valence-corrected chi connectivity index (χ0v) is 23.4. The van der Waals surface area contributed by atoms with Gasteiger partial charge in [0.1, 0.15) is 6.10 Å². The van der Waals surface area contributed by atoms with E-state index in [0.29, 0.717) is 42.0 Å². The number of benzene rings is 3. The molecule has 3 aliphatic rings. The van der Waals surface area contributed by atoms with Crippen LogP contribution in [0.1, 0.15) is 19.3 Å². The minimum atomic E-state index is -3.32. The van der Waals surface area contributed by atoms with E-state index in [1.165, 1.54) is 0 Å². The molecule has 40 heavy (non-hydrogen) atoms. The predicted molar refractivity (Wildman–Crippen MR) is 154 cm³/mol. The molecular formula is C30H30ClN3O5S. The molecule has 7 rings (SSSR count). The number of sulfone groups is 1. The Morgan fingerprint density at radius 1 is 0.900 bits per heavy atom. The normalized spacial score (nSPS) is 23.5. The minimum Gasteiger partial charge on any atom is -0.456 e. The molecule has 0 amide bonds. The van der Waals surface area contributed by atoms with Gasteiger partial charge in [-0.3, -0.25) is 0 Å². The van der Waals surface area contributed by atoms with E-state index < -0.39 is 9.84 Å². The molecule has 3 fully saturated rings. The molecule has 4 heterocycles. The van der Waals surface area contributed by atoms with E-state index in [4.69, 9.17) is 25.8 Å². The summed E-state index contributed by atoms with van der Waals surface area (Å²) in [5, 5.41) is 3.51. The molecule has 0 aliphatic carbocycles. The number of piperidine rings is 1. The fourth-order valence-electron chi connectivity index (χ4n) is 5.94. The Kier molecular flexibility index (Phi) is 6.80. The van der Waals surface area contributed by atoms with Crippen LogP contribution >= 0.6 is 11.6 Å². The number of hydrogen-bond donors (Lipinski definition) is 2. The monoisotopic (exact) mass is 579 g/mol. The third kappa shape index (κ3) is 4.80. The number of aromatic amines is 1. The van der Waals surface area contributed by atoms with Gasteiger partial charge in [0.25, 0.3) is 6.01 Å². The number of fused-ring (bicyclic) bond motifs is 2. The van der Waals surface area contributed by atoms with Crippen molar-refractivity contribution in [3.05, 3.63) is 65.7 Å². The lowest BCUT2D eigenvalue weighted by atomic mass is 10.00. The van der Waals surface area contributed by atoms with Gasteiger partial charge in [0.2, 0.25) is 0 Å². The lowest BCUT2D eigenvalue weighted by Gasteiger charge is -2.22. The molecule has 0 radical (unpaired) electrons. The first-order valence-electron chi connectivity index (χ1n) is 13.7. The van der Waals surface area contributed by atoms with E-state index in [9.17, 15) is 8.42 Å². The molecule has 0 unspecified atom stereocenters. The summed E-state index contributed by atoms with van der Waals surface area (Å²) in [6.07, 6.45) is 2.06. The highest BCUT2D eigenvalue weighted by Crippen LogP contribution is 2.35. The standard InChI is InChI=1S/C30H30ClN3O5S/c31-24-16-26-25(33-30(34-26)39-28-17-38-27-11-14-37-29(27)28)15-23(24)20-3-1-18(2-4-20)19-5-7-21(8-6-19)40(35,36)22-9-12-32-13-10-22/h1-8,15-16,22,27-29,32H,9-14,17H2,(H,33,34)/t27-,28-,29+/m1/s1. The summed E-state index contributed by atoms with van der Waals surface area (Å²) in [5.41, 5.74) is 5.32. The van der Waals surface area contributed by atoms with Crippen LogP contribution in [0, 0.1) is 0 Å². The SMILES string of the molecule is O=S(=O)(c1ccc(-c2ccc(-c3cc4nc(O[C@@H]5CO[C@@H]6CCO[C@@H]65)[nH]c4cc3Cl)cc2)cc1)C1CCNCC1. The smallest absolute Gasteiger partial charge is 0.295 e. The molecule has 3 saturated heterocycles. The van der Waals surface area contributed by atoms with Crippen LogP contribution in [-0.2, 0) is 19.3 Å². The zero-order chi connectivity index (χ0) is 27.3. The molecule has 2 N–H and O–H groups in total. The number of nitrogens with one attached hydrogen (secondary N) is 2. The van der Waals surface area contributed by atoms with Crippen molar-refractivity contribution in [2.45, 2.75) is 47.7 Å². The van der Waals surface area contributed by atoms with E-state index in [-0.39, 0.29) is 23.6 Å². The molecule has 0 spiro atoms. The van der Waals surface area contributed by atoms with E-state index in [1.807, 2.05) is 48.5 Å². The van der Waals surface area contributed by atoms with Gasteiger partial charge in [0, 0.05) is 12.2 Å². The van der Waals surface area contributed by atoms with Crippen molar-refractivity contribution in [1.29, 1.82) is 0 Å². The second-order valence-corrected chi connectivity index (χ2v) is 13.3. The summed E-state index contributed by atoms with van der Waals surface area (Å²) in [6, 6.07) is 19.5. The second kappa shape index (κ2) is 10.5. The highest BCUT2D eigenvalue weighted by Gasteiger charge is 2.43. The van der Waals surface area contributed by atoms with Crippen molar-refractivity contribution < 1.29 is 22.6 Å². The van der Waals surface area contributed by atoms with Crippen LogP contribution in [0.2, 0.25) is 5.02 Å². The lowest BCUT2D eigenvalue weighted by Crippen LogP contribution is -2.35. The van der Waals surface area contributed by atoms with E-state index in [2.05, 4.69) is 15.3 Å². The van der Waals surface area contributed by atoms with Gasteiger partial charge in [0.05, 0.1) is 38.9 Å². The van der Waals surface area contributed by atoms with Crippen LogP contribution < -0.4 is 10.1 Å². The van der Waals surface area contributed by atoms with Gasteiger partial charge in [-0.25, -0.2) is 8.42 Å². The minimum absolute atomic E-state index is 0.0547. The number of hydrogen-bond acceptors (Lipinski definition) is 7. The first-order chi connectivity index (χ1) is 19.5. The van der Waals surface area contributed by atoms with E-state index in [0.717, 1.165) is 52.8 Å². The maximum atomic E-state index is 13.0. The summed E-state index contributed by atoms with van der Waals surface area (Å²) < 4.78 is 43.7. The highest BCUT2D eigenvalue weighted by atomic mass is 35.5. The van der Waals surface area contributed by atoms with Gasteiger partial charge in [-0.2, -0.15) is 4.98 Å². The van der Waals surface area contributed by atoms with Crippen LogP contribution in [0.3, 0.4) is 0 Å². The highest BCUT2D eigenvalue weighted by molar-refractivity contribution is 7.92. The number of nitrogens with zero attached hydrogens (tertiary/aromatic N) is 1. The summed E-state index contributed by atoms with van der Waals surface area (Å²) in [6.45, 7) is 2.67. The van der Waals surface area contributed by atoms with Gasteiger partial charge in [-0.05, 0) is 73.3 Å². The Bertz CT molecular complexity index is 1630. The summed E-state index contributed by atoms with van der Waals surface area (Å²) in [7, 11) is -3.32. The lowest BCUT2D eigenvalue weighted by molar-refractivity contribution is 0.0273. The van der Waals surface area contributed by atoms with Crippen LogP contribution in [0.4, 0.5) is 0 Å². The molecule has 0 bridgehead atoms. The molecule has 3 aromatic carbocycles. The molecule has 208 valence electrons. The molecule has 10 heteroatoms. The molecule has 1 aromatic heterocycles. The maximum Gasteiger partial charge on any atom is 0.295 e. The number of aromatic nitrogens is 2. The van der Waals surface area contributed by atoms with Crippen molar-refractivity contribution in [2.75, 3.05) is 26.3 Å². The van der Waals surface area contributed by atoms with Crippen molar-refractivity contribution in [2.24, 2.45) is 0 Å². The molecule has 4 aromatic rings. The maximum absolute atomic E-state index is 13.0. The van der Waals surface area contributed by atoms with Crippen molar-refractivity contribution in [1.82, 2.24) is 15.3 Å². The van der Waals surface area contributed by atoms with Crippen LogP contribution in [0.5, 0.6) is 6.01 Å². The van der Waals surface area contributed by atoms with Crippen LogP contribution in [-0.4, -0.2) is 68.3 Å². The number of rotatable bonds is 6. The number of H-pyrrole nitrogens is 1. The molecule has 8 nitrogen and oxygen atoms in total. The Hall–Kier alpha value is -2.95. The van der Waals surface area contributed by atoms with Gasteiger partial charge in [-0.1, -0.05) is 48.0 Å². The number of imidazole rings is 1. The van der Waals surface area contributed by atoms with Gasteiger partial charge in [0.15, 0.2) is 15.9 Å². The van der Waals surface area contributed by atoms with E-state index in [1.54, 1.807) is 12.1 Å². The van der Waals surface area contributed by atoms with E-state index >= 15 is 0 Å². The molecule has 3 aliphatic heterocycles. The topological polar surface area (TPSA) is 103 Å². The quantitative estimate of drug-likeness (QED) is 0.331. The van der Waals surface area contributed by atoms with Gasteiger partial charge >= 0.3 is 0 Å².